The number of aliphatic hydroxyl groups is 1. The zero-order chi connectivity index (χ0) is 22.3. The van der Waals surface area contributed by atoms with Gasteiger partial charge in [0.1, 0.15) is 12.4 Å². The first-order valence-corrected chi connectivity index (χ1v) is 11.5. The molecule has 1 aliphatic carbocycles. The molecule has 0 unspecified atom stereocenters. The van der Waals surface area contributed by atoms with Crippen molar-refractivity contribution in [3.05, 3.63) is 29.3 Å². The number of aromatic nitrogens is 2. The summed E-state index contributed by atoms with van der Waals surface area (Å²) < 4.78 is 22.4. The molecular weight excluding hydrogens is 416 g/mol. The molecule has 170 valence electrons. The van der Waals surface area contributed by atoms with E-state index in [1.54, 1.807) is 26.0 Å². The van der Waals surface area contributed by atoms with E-state index < -0.39 is 0 Å². The summed E-state index contributed by atoms with van der Waals surface area (Å²) >= 11 is 1.54. The van der Waals surface area contributed by atoms with Crippen LogP contribution in [0.4, 0.5) is 0 Å². The zero-order valence-corrected chi connectivity index (χ0v) is 19.6. The lowest BCUT2D eigenvalue weighted by Gasteiger charge is -2.35. The minimum absolute atomic E-state index is 0.0805. The van der Waals surface area contributed by atoms with Crippen LogP contribution in [0.1, 0.15) is 31.4 Å². The Morgan fingerprint density at radius 2 is 1.84 bits per heavy atom. The smallest absolute Gasteiger partial charge is 0.221 e. The molecule has 0 atom stereocenters. The molecule has 1 aliphatic rings. The summed E-state index contributed by atoms with van der Waals surface area (Å²) in [6.45, 7) is 6.50. The highest BCUT2D eigenvalue weighted by molar-refractivity contribution is 7.99. The number of benzene rings is 1. The van der Waals surface area contributed by atoms with E-state index >= 15 is 0 Å². The second kappa shape index (κ2) is 11.1. The largest absolute Gasteiger partial charge is 0.491 e. The molecule has 0 spiro atoms. The number of thioether (sulfide) groups is 1. The molecule has 0 amide bonds. The minimum atomic E-state index is -0.243. The number of hydrogen-bond acceptors (Lipinski definition) is 8. The minimum Gasteiger partial charge on any atom is -0.491 e. The Hall–Kier alpha value is -1.87. The van der Waals surface area contributed by atoms with Crippen LogP contribution in [0.3, 0.4) is 0 Å². The van der Waals surface area contributed by atoms with Crippen LogP contribution in [0.5, 0.6) is 11.6 Å². The Kier molecular flexibility index (Phi) is 8.54. The maximum absolute atomic E-state index is 9.18. The van der Waals surface area contributed by atoms with Crippen molar-refractivity contribution in [3.63, 3.8) is 0 Å². The van der Waals surface area contributed by atoms with Gasteiger partial charge in [0, 0.05) is 55.1 Å². The number of methoxy groups -OCH3 is 2. The lowest BCUT2D eigenvalue weighted by Crippen LogP contribution is -2.29. The topological polar surface area (TPSA) is 82.9 Å². The fourth-order valence-electron chi connectivity index (χ4n) is 3.71. The first-order valence-electron chi connectivity index (χ1n) is 10.5. The molecule has 8 heteroatoms. The second-order valence-corrected chi connectivity index (χ2v) is 9.05. The average molecular weight is 449 g/mol. The van der Waals surface area contributed by atoms with Gasteiger partial charge in [0.05, 0.1) is 25.5 Å². The first kappa shape index (κ1) is 23.8. The van der Waals surface area contributed by atoms with Crippen molar-refractivity contribution >= 4 is 11.8 Å². The van der Waals surface area contributed by atoms with Gasteiger partial charge in [0.15, 0.2) is 5.16 Å². The van der Waals surface area contributed by atoms with E-state index in [9.17, 15) is 5.11 Å². The summed E-state index contributed by atoms with van der Waals surface area (Å²) in [5, 5.41) is 9.84. The van der Waals surface area contributed by atoms with E-state index in [4.69, 9.17) is 28.9 Å². The number of nitrogens with zero attached hydrogens (tertiary/aromatic N) is 2. The predicted molar refractivity (Wildman–Crippen MR) is 121 cm³/mol. The van der Waals surface area contributed by atoms with Crippen molar-refractivity contribution in [1.29, 1.82) is 0 Å². The first-order chi connectivity index (χ1) is 15.0. The Morgan fingerprint density at radius 1 is 1.03 bits per heavy atom. The summed E-state index contributed by atoms with van der Waals surface area (Å²) in [5.74, 6) is 2.21. The average Bonchev–Trinajstić information content (AvgIpc) is 2.74. The fraction of sp³-hybridized carbons (Fsp3) is 0.565. The van der Waals surface area contributed by atoms with Gasteiger partial charge in [-0.25, -0.2) is 4.98 Å². The molecule has 0 saturated carbocycles. The Bertz CT molecular complexity index is 875. The highest BCUT2D eigenvalue weighted by Crippen LogP contribution is 2.48. The molecule has 2 aromatic rings. The Morgan fingerprint density at radius 3 is 2.58 bits per heavy atom. The number of fused-ring (bicyclic) bond motifs is 3. The molecule has 1 heterocycles. The third-order valence-corrected chi connectivity index (χ3v) is 5.96. The molecule has 1 aromatic heterocycles. The van der Waals surface area contributed by atoms with Gasteiger partial charge in [-0.15, -0.1) is 0 Å². The molecule has 0 bridgehead atoms. The summed E-state index contributed by atoms with van der Waals surface area (Å²) in [6, 6.07) is 6.08. The highest BCUT2D eigenvalue weighted by Gasteiger charge is 2.38. The molecule has 3 rings (SSSR count). The van der Waals surface area contributed by atoms with Crippen molar-refractivity contribution in [2.75, 3.05) is 53.0 Å². The van der Waals surface area contributed by atoms with Crippen LogP contribution < -0.4 is 9.47 Å². The van der Waals surface area contributed by atoms with Gasteiger partial charge in [-0.3, -0.25) is 0 Å². The van der Waals surface area contributed by atoms with Crippen molar-refractivity contribution in [2.24, 2.45) is 0 Å². The van der Waals surface area contributed by atoms with Gasteiger partial charge in [-0.05, 0) is 12.5 Å². The molecular formula is C23H32N2O5S. The molecule has 0 saturated heterocycles. The summed E-state index contributed by atoms with van der Waals surface area (Å²) in [4.78, 5) is 9.66. The third-order valence-electron chi connectivity index (χ3n) is 5.14. The van der Waals surface area contributed by atoms with Gasteiger partial charge in [0.2, 0.25) is 5.88 Å². The number of rotatable bonds is 12. The van der Waals surface area contributed by atoms with Crippen LogP contribution in [0.15, 0.2) is 23.4 Å². The normalized spacial score (nSPS) is 14.1. The Balaban J connectivity index is 2.07. The lowest BCUT2D eigenvalue weighted by molar-refractivity contribution is 0.145. The maximum atomic E-state index is 9.18. The van der Waals surface area contributed by atoms with Gasteiger partial charge >= 0.3 is 0 Å². The zero-order valence-electron chi connectivity index (χ0n) is 18.8. The van der Waals surface area contributed by atoms with Crippen LogP contribution in [0.2, 0.25) is 0 Å². The number of hydrogen-bond donors (Lipinski definition) is 1. The van der Waals surface area contributed by atoms with Gasteiger partial charge in [-0.2, -0.15) is 4.98 Å². The number of ether oxygens (including phenoxy) is 4. The maximum Gasteiger partial charge on any atom is 0.221 e. The van der Waals surface area contributed by atoms with Gasteiger partial charge in [-0.1, -0.05) is 37.7 Å². The van der Waals surface area contributed by atoms with Crippen LogP contribution >= 0.6 is 11.8 Å². The standard InChI is InChI=1S/C23H32N2O5S/c1-23(2)15-17-16(7-5-8-18(17)29-12-11-27-3)20-19(23)21(30-10-6-9-26)25-22(24-20)31-14-13-28-4/h5,7-8,26H,6,9-15H2,1-4H3. The van der Waals surface area contributed by atoms with Crippen molar-refractivity contribution in [3.8, 4) is 22.9 Å². The van der Waals surface area contributed by atoms with E-state index in [1.165, 1.54) is 0 Å². The number of aliphatic hydroxyl groups excluding tert-OH is 1. The molecule has 31 heavy (non-hydrogen) atoms. The monoisotopic (exact) mass is 448 g/mol. The molecule has 7 nitrogen and oxygen atoms in total. The highest BCUT2D eigenvalue weighted by atomic mass is 32.2. The van der Waals surface area contributed by atoms with Crippen LogP contribution in [0.25, 0.3) is 11.3 Å². The van der Waals surface area contributed by atoms with Crippen molar-refractivity contribution in [2.45, 2.75) is 37.3 Å². The second-order valence-electron chi connectivity index (χ2n) is 7.99. The lowest BCUT2D eigenvalue weighted by atomic mass is 9.72. The van der Waals surface area contributed by atoms with Crippen LogP contribution in [-0.2, 0) is 21.3 Å². The van der Waals surface area contributed by atoms with E-state index in [0.29, 0.717) is 43.9 Å². The molecule has 0 fully saturated rings. The van der Waals surface area contributed by atoms with E-state index in [2.05, 4.69) is 19.9 Å². The third kappa shape index (κ3) is 5.68. The van der Waals surface area contributed by atoms with E-state index in [0.717, 1.165) is 40.3 Å². The predicted octanol–water partition coefficient (Wildman–Crippen LogP) is 3.50. The molecule has 1 N–H and O–H groups in total. The summed E-state index contributed by atoms with van der Waals surface area (Å²) in [5.41, 5.74) is 3.84. The fourth-order valence-corrected chi connectivity index (χ4v) is 4.45. The van der Waals surface area contributed by atoms with Crippen LogP contribution in [0, 0.1) is 0 Å². The molecule has 0 radical (unpaired) electrons. The van der Waals surface area contributed by atoms with Gasteiger partial charge < -0.3 is 24.1 Å². The SMILES string of the molecule is COCCOc1cccc2c1CC(C)(C)c1c(OCCCO)nc(SCCOC)nc1-2. The van der Waals surface area contributed by atoms with Crippen LogP contribution in [-0.4, -0.2) is 68.1 Å². The molecule has 1 aromatic carbocycles. The van der Waals surface area contributed by atoms with E-state index in [-0.39, 0.29) is 12.0 Å². The summed E-state index contributed by atoms with van der Waals surface area (Å²) in [6.07, 6.45) is 1.34. The summed E-state index contributed by atoms with van der Waals surface area (Å²) in [7, 11) is 3.35. The van der Waals surface area contributed by atoms with Crippen molar-refractivity contribution < 1.29 is 24.1 Å². The van der Waals surface area contributed by atoms with Crippen molar-refractivity contribution in [1.82, 2.24) is 9.97 Å². The quantitative estimate of drug-likeness (QED) is 0.300. The van der Waals surface area contributed by atoms with Gasteiger partial charge in [0.25, 0.3) is 0 Å². The van der Waals surface area contributed by atoms with E-state index in [1.807, 2.05) is 12.1 Å². The Labute approximate surface area is 188 Å². The molecule has 0 aliphatic heterocycles.